The van der Waals surface area contributed by atoms with Crippen LogP contribution < -0.4 is 5.32 Å². The summed E-state index contributed by atoms with van der Waals surface area (Å²) in [5.74, 6) is 0. The number of para-hydroxylation sites is 1. The second-order valence-corrected chi connectivity index (χ2v) is 5.67. The van der Waals surface area contributed by atoms with E-state index in [0.717, 1.165) is 20.8 Å². The first-order valence-corrected chi connectivity index (χ1v) is 7.97. The first-order chi connectivity index (χ1) is 8.86. The van der Waals surface area contributed by atoms with Crippen molar-refractivity contribution in [2.24, 2.45) is 0 Å². The molecule has 1 aromatic heterocycles. The SMILES string of the molecule is ICNc1ccc(-c2nc3ccccc3s2)cc1. The Morgan fingerprint density at radius 2 is 1.83 bits per heavy atom. The number of hydrogen-bond acceptors (Lipinski definition) is 3. The Bertz CT molecular complexity index is 628. The third kappa shape index (κ3) is 2.35. The zero-order chi connectivity index (χ0) is 12.4. The number of halogens is 1. The van der Waals surface area contributed by atoms with E-state index >= 15 is 0 Å². The molecular weight excluding hydrogens is 355 g/mol. The molecule has 0 aliphatic rings. The number of nitrogens with zero attached hydrogens (tertiary/aromatic N) is 1. The predicted octanol–water partition coefficient (Wildman–Crippen LogP) is 4.77. The minimum Gasteiger partial charge on any atom is -0.376 e. The Kier molecular flexibility index (Phi) is 3.47. The summed E-state index contributed by atoms with van der Waals surface area (Å²) in [6.07, 6.45) is 0. The fourth-order valence-electron chi connectivity index (χ4n) is 1.80. The maximum Gasteiger partial charge on any atom is 0.124 e. The summed E-state index contributed by atoms with van der Waals surface area (Å²) in [6.45, 7) is 0. The average Bonchev–Trinajstić information content (AvgIpc) is 2.84. The van der Waals surface area contributed by atoms with E-state index in [4.69, 9.17) is 0 Å². The lowest BCUT2D eigenvalue weighted by Crippen LogP contribution is -1.92. The molecule has 0 aliphatic heterocycles. The van der Waals surface area contributed by atoms with Crippen molar-refractivity contribution in [1.29, 1.82) is 0 Å². The van der Waals surface area contributed by atoms with Gasteiger partial charge in [-0.2, -0.15) is 0 Å². The summed E-state index contributed by atoms with van der Waals surface area (Å²) < 4.78 is 2.15. The van der Waals surface area contributed by atoms with Gasteiger partial charge in [0.15, 0.2) is 0 Å². The number of rotatable bonds is 3. The fourth-order valence-corrected chi connectivity index (χ4v) is 3.21. The van der Waals surface area contributed by atoms with E-state index in [1.54, 1.807) is 11.3 Å². The molecular formula is C14H11IN2S. The Morgan fingerprint density at radius 3 is 2.56 bits per heavy atom. The maximum absolute atomic E-state index is 4.66. The number of fused-ring (bicyclic) bond motifs is 1. The third-order valence-corrected chi connectivity index (χ3v) is 4.16. The van der Waals surface area contributed by atoms with Crippen molar-refractivity contribution < 1.29 is 0 Å². The average molecular weight is 366 g/mol. The van der Waals surface area contributed by atoms with Gasteiger partial charge < -0.3 is 5.32 Å². The van der Waals surface area contributed by atoms with Crippen LogP contribution in [0.15, 0.2) is 48.5 Å². The van der Waals surface area contributed by atoms with E-state index in [2.05, 4.69) is 75.4 Å². The molecule has 0 aliphatic carbocycles. The molecule has 1 heterocycles. The second kappa shape index (κ2) is 5.24. The van der Waals surface area contributed by atoms with E-state index in [1.807, 2.05) is 6.07 Å². The van der Waals surface area contributed by atoms with Crippen LogP contribution in [-0.2, 0) is 0 Å². The van der Waals surface area contributed by atoms with E-state index < -0.39 is 0 Å². The zero-order valence-electron chi connectivity index (χ0n) is 9.56. The summed E-state index contributed by atoms with van der Waals surface area (Å²) >= 11 is 4.04. The topological polar surface area (TPSA) is 24.9 Å². The van der Waals surface area contributed by atoms with Gasteiger partial charge in [-0.05, 0) is 36.4 Å². The van der Waals surface area contributed by atoms with Crippen LogP contribution in [0.4, 0.5) is 5.69 Å². The van der Waals surface area contributed by atoms with Crippen molar-refractivity contribution in [1.82, 2.24) is 4.98 Å². The van der Waals surface area contributed by atoms with Gasteiger partial charge in [0.05, 0.1) is 14.8 Å². The molecule has 2 aromatic carbocycles. The summed E-state index contributed by atoms with van der Waals surface area (Å²) in [5.41, 5.74) is 3.40. The number of alkyl halides is 1. The highest BCUT2D eigenvalue weighted by molar-refractivity contribution is 14.1. The Labute approximate surface area is 123 Å². The molecule has 0 bridgehead atoms. The lowest BCUT2D eigenvalue weighted by Gasteiger charge is -2.02. The van der Waals surface area contributed by atoms with Gasteiger partial charge in [0.25, 0.3) is 0 Å². The number of aromatic nitrogens is 1. The van der Waals surface area contributed by atoms with Crippen LogP contribution >= 0.6 is 33.9 Å². The molecule has 18 heavy (non-hydrogen) atoms. The van der Waals surface area contributed by atoms with Crippen molar-refractivity contribution >= 4 is 49.8 Å². The molecule has 0 amide bonds. The highest BCUT2D eigenvalue weighted by atomic mass is 127. The molecule has 0 fully saturated rings. The van der Waals surface area contributed by atoms with Gasteiger partial charge in [0.1, 0.15) is 5.01 Å². The van der Waals surface area contributed by atoms with Crippen molar-refractivity contribution in [3.63, 3.8) is 0 Å². The molecule has 1 N–H and O–H groups in total. The predicted molar refractivity (Wildman–Crippen MR) is 87.6 cm³/mol. The second-order valence-electron chi connectivity index (χ2n) is 3.87. The van der Waals surface area contributed by atoms with Gasteiger partial charge in [-0.1, -0.05) is 34.7 Å². The number of hydrogen-bond donors (Lipinski definition) is 1. The van der Waals surface area contributed by atoms with Crippen LogP contribution in [0.2, 0.25) is 0 Å². The van der Waals surface area contributed by atoms with E-state index in [0.29, 0.717) is 0 Å². The first kappa shape index (κ1) is 11.9. The van der Waals surface area contributed by atoms with Gasteiger partial charge in [0.2, 0.25) is 0 Å². The van der Waals surface area contributed by atoms with Gasteiger partial charge in [-0.15, -0.1) is 11.3 Å². The molecule has 0 unspecified atom stereocenters. The zero-order valence-corrected chi connectivity index (χ0v) is 12.5. The molecule has 0 spiro atoms. The molecule has 0 atom stereocenters. The lowest BCUT2D eigenvalue weighted by atomic mass is 10.2. The minimum absolute atomic E-state index is 0.915. The summed E-state index contributed by atoms with van der Waals surface area (Å²) in [5, 5.41) is 4.36. The fraction of sp³-hybridized carbons (Fsp3) is 0.0714. The molecule has 90 valence electrons. The third-order valence-electron chi connectivity index (χ3n) is 2.70. The van der Waals surface area contributed by atoms with E-state index in [-0.39, 0.29) is 0 Å². The summed E-state index contributed by atoms with van der Waals surface area (Å²) in [7, 11) is 0. The smallest absolute Gasteiger partial charge is 0.124 e. The standard InChI is InChI=1S/C14H11IN2S/c15-9-16-11-7-5-10(6-8-11)14-17-12-3-1-2-4-13(12)18-14/h1-8,16H,9H2. The summed E-state index contributed by atoms with van der Waals surface area (Å²) in [4.78, 5) is 4.66. The summed E-state index contributed by atoms with van der Waals surface area (Å²) in [6, 6.07) is 16.7. The highest BCUT2D eigenvalue weighted by Gasteiger charge is 2.05. The number of anilines is 1. The largest absolute Gasteiger partial charge is 0.376 e. The van der Waals surface area contributed by atoms with Crippen LogP contribution in [-0.4, -0.2) is 9.54 Å². The van der Waals surface area contributed by atoms with Gasteiger partial charge >= 0.3 is 0 Å². The van der Waals surface area contributed by atoms with Crippen molar-refractivity contribution in [3.05, 3.63) is 48.5 Å². The van der Waals surface area contributed by atoms with Gasteiger partial charge in [-0.25, -0.2) is 4.98 Å². The molecule has 4 heteroatoms. The Morgan fingerprint density at radius 1 is 1.06 bits per heavy atom. The molecule has 0 saturated carbocycles. The molecule has 0 saturated heterocycles. The normalized spacial score (nSPS) is 10.7. The van der Waals surface area contributed by atoms with Crippen molar-refractivity contribution in [2.75, 3.05) is 9.87 Å². The molecule has 3 aromatic rings. The van der Waals surface area contributed by atoms with Crippen LogP contribution in [0.5, 0.6) is 0 Å². The minimum atomic E-state index is 0.915. The van der Waals surface area contributed by atoms with Gasteiger partial charge in [-0.3, -0.25) is 0 Å². The van der Waals surface area contributed by atoms with Crippen LogP contribution in [0.1, 0.15) is 0 Å². The monoisotopic (exact) mass is 366 g/mol. The Balaban J connectivity index is 1.98. The van der Waals surface area contributed by atoms with E-state index in [1.165, 1.54) is 10.3 Å². The van der Waals surface area contributed by atoms with Crippen molar-refractivity contribution in [2.45, 2.75) is 0 Å². The quantitative estimate of drug-likeness (QED) is 0.410. The Hall–Kier alpha value is -1.14. The first-order valence-electron chi connectivity index (χ1n) is 5.62. The van der Waals surface area contributed by atoms with Crippen LogP contribution in [0, 0.1) is 0 Å². The number of nitrogens with one attached hydrogen (secondary N) is 1. The highest BCUT2D eigenvalue weighted by Crippen LogP contribution is 2.30. The number of thiazole rings is 1. The molecule has 2 nitrogen and oxygen atoms in total. The van der Waals surface area contributed by atoms with E-state index in [9.17, 15) is 0 Å². The van der Waals surface area contributed by atoms with Gasteiger partial charge in [0, 0.05) is 11.3 Å². The van der Waals surface area contributed by atoms with Crippen LogP contribution in [0.3, 0.4) is 0 Å². The lowest BCUT2D eigenvalue weighted by molar-refractivity contribution is 1.46. The van der Waals surface area contributed by atoms with Crippen LogP contribution in [0.25, 0.3) is 20.8 Å². The molecule has 3 rings (SSSR count). The van der Waals surface area contributed by atoms with Crippen molar-refractivity contribution in [3.8, 4) is 10.6 Å². The maximum atomic E-state index is 4.66. The molecule has 0 radical (unpaired) electrons. The number of benzene rings is 2.